The van der Waals surface area contributed by atoms with Crippen molar-refractivity contribution in [1.82, 2.24) is 0 Å². The minimum absolute atomic E-state index is 0.0564. The van der Waals surface area contributed by atoms with Crippen LogP contribution in [0, 0.1) is 0 Å². The van der Waals surface area contributed by atoms with Gasteiger partial charge in [-0.25, -0.2) is 0 Å². The Morgan fingerprint density at radius 2 is 0.614 bits per heavy atom. The average molecular weight is 791 g/mol. The van der Waals surface area contributed by atoms with E-state index < -0.39 is 0 Å². The molecule has 0 bridgehead atoms. The summed E-state index contributed by atoms with van der Waals surface area (Å²) in [6.07, 6.45) is 0. The fraction of sp³-hybridized carbons (Fsp3) is 0.0417. The van der Waals surface area contributed by atoms with Crippen molar-refractivity contribution in [3.8, 4) is 0 Å². The molecule has 7 aromatic carbocycles. The van der Waals surface area contributed by atoms with Gasteiger partial charge in [0.1, 0.15) is 0 Å². The van der Waals surface area contributed by atoms with Crippen LogP contribution in [0.3, 0.4) is 0 Å². The van der Waals surface area contributed by atoms with Crippen LogP contribution in [0.5, 0.6) is 0 Å². The Kier molecular flexibility index (Phi) is 5.15. The zero-order valence-corrected chi connectivity index (χ0v) is 32.8. The molecule has 0 fully saturated rings. The van der Waals surface area contributed by atoms with Gasteiger partial charge in [-0.15, -0.1) is 0 Å². The van der Waals surface area contributed by atoms with Crippen LogP contribution in [0.1, 0.15) is 0 Å². The van der Waals surface area contributed by atoms with Gasteiger partial charge >= 0.3 is 339 Å². The molecule has 0 saturated carbocycles. The first-order valence-corrected chi connectivity index (χ1v) is 21.5. The third-order valence-electron chi connectivity index (χ3n) is 13.8. The fourth-order valence-corrected chi connectivity index (χ4v) is 14.8. The van der Waals surface area contributed by atoms with Gasteiger partial charge in [0.25, 0.3) is 0 Å². The number of hydrogen-bond donors (Lipinski definition) is 0. The predicted molar refractivity (Wildman–Crippen MR) is 241 cm³/mol. The van der Waals surface area contributed by atoms with E-state index in [1.807, 2.05) is 0 Å². The number of benzene rings is 7. The summed E-state index contributed by atoms with van der Waals surface area (Å²) in [5.41, 5.74) is 26.2. The SMILES string of the molecule is CN1c2ccccc2N2c3cccc4c3B(c3cccc1c32)c1[se]c2c3c1N4c1ccccc1N3c1cccc3c1B2c1cccc2c1N3c1ccccc1N2C. The second kappa shape index (κ2) is 9.88. The number of para-hydroxylation sites is 8. The Hall–Kier alpha value is -6.53. The monoisotopic (exact) mass is 792 g/mol. The van der Waals surface area contributed by atoms with E-state index in [1.165, 1.54) is 113 Å². The molecular weight excluding hydrogens is 761 g/mol. The van der Waals surface area contributed by atoms with Crippen molar-refractivity contribution in [2.24, 2.45) is 0 Å². The molecule has 57 heavy (non-hydrogen) atoms. The van der Waals surface area contributed by atoms with Crippen LogP contribution in [0.4, 0.5) is 91.0 Å². The molecule has 7 aliphatic heterocycles. The quantitative estimate of drug-likeness (QED) is 0.148. The second-order valence-corrected chi connectivity index (χ2v) is 18.4. The van der Waals surface area contributed by atoms with E-state index in [2.05, 4.69) is 189 Å². The van der Waals surface area contributed by atoms with Gasteiger partial charge in [0.15, 0.2) is 0 Å². The molecule has 1 aromatic heterocycles. The van der Waals surface area contributed by atoms with Crippen molar-refractivity contribution in [1.29, 1.82) is 0 Å². The van der Waals surface area contributed by atoms with E-state index in [-0.39, 0.29) is 27.9 Å². The van der Waals surface area contributed by atoms with Crippen LogP contribution >= 0.6 is 0 Å². The molecule has 7 aliphatic rings. The Bertz CT molecular complexity index is 3000. The number of anilines is 16. The summed E-state index contributed by atoms with van der Waals surface area (Å²) in [4.78, 5) is 15.3. The van der Waals surface area contributed by atoms with Gasteiger partial charge in [0, 0.05) is 0 Å². The number of fused-ring (bicyclic) bond motifs is 15. The molecule has 6 nitrogen and oxygen atoms in total. The molecule has 0 radical (unpaired) electrons. The van der Waals surface area contributed by atoms with Crippen molar-refractivity contribution in [2.75, 3.05) is 43.5 Å². The molecule has 9 heteroatoms. The summed E-state index contributed by atoms with van der Waals surface area (Å²) >= 11 is 0.0564. The fourth-order valence-electron chi connectivity index (χ4n) is 11.6. The first kappa shape index (κ1) is 29.7. The molecular formula is C48H30B2N6Se. The van der Waals surface area contributed by atoms with E-state index in [4.69, 9.17) is 0 Å². The molecule has 15 rings (SSSR count). The van der Waals surface area contributed by atoms with Crippen LogP contribution < -0.4 is 59.9 Å². The second-order valence-electron chi connectivity index (χ2n) is 16.2. The van der Waals surface area contributed by atoms with Crippen LogP contribution in [-0.4, -0.2) is 42.0 Å². The summed E-state index contributed by atoms with van der Waals surface area (Å²) in [5.74, 6) is 0. The molecule has 0 unspecified atom stereocenters. The van der Waals surface area contributed by atoms with E-state index in [1.54, 1.807) is 8.67 Å². The molecule has 8 aromatic rings. The van der Waals surface area contributed by atoms with Gasteiger partial charge in [0.05, 0.1) is 0 Å². The number of nitrogens with zero attached hydrogens (tertiary/aromatic N) is 6. The molecule has 0 N–H and O–H groups in total. The average Bonchev–Trinajstić information content (AvgIpc) is 3.65. The van der Waals surface area contributed by atoms with Gasteiger partial charge in [-0.1, -0.05) is 0 Å². The van der Waals surface area contributed by atoms with E-state index in [0.717, 1.165) is 0 Å². The predicted octanol–water partition coefficient (Wildman–Crippen LogP) is 7.38. The Morgan fingerprint density at radius 3 is 1.02 bits per heavy atom. The molecule has 0 aliphatic carbocycles. The van der Waals surface area contributed by atoms with Crippen LogP contribution in [0.15, 0.2) is 146 Å². The van der Waals surface area contributed by atoms with Gasteiger partial charge in [0.2, 0.25) is 0 Å². The summed E-state index contributed by atoms with van der Waals surface area (Å²) in [6.45, 7) is 0.297. The van der Waals surface area contributed by atoms with E-state index >= 15 is 0 Å². The zero-order chi connectivity index (χ0) is 37.0. The number of hydrogen-bond acceptors (Lipinski definition) is 6. The van der Waals surface area contributed by atoms with Crippen LogP contribution in [-0.2, 0) is 0 Å². The summed E-state index contributed by atoms with van der Waals surface area (Å²) in [5, 5.41) is 0. The normalized spacial score (nSPS) is 15.6. The van der Waals surface area contributed by atoms with Crippen molar-refractivity contribution < 1.29 is 0 Å². The first-order chi connectivity index (χ1) is 28.2. The Balaban J connectivity index is 1.07. The molecule has 0 amide bonds. The molecule has 0 saturated heterocycles. The molecule has 8 heterocycles. The van der Waals surface area contributed by atoms with E-state index in [9.17, 15) is 0 Å². The van der Waals surface area contributed by atoms with Gasteiger partial charge in [-0.3, -0.25) is 0 Å². The maximum atomic E-state index is 2.66. The first-order valence-electron chi connectivity index (χ1n) is 19.8. The van der Waals surface area contributed by atoms with Gasteiger partial charge in [-0.2, -0.15) is 0 Å². The third-order valence-corrected chi connectivity index (χ3v) is 16.5. The Morgan fingerprint density at radius 1 is 0.316 bits per heavy atom. The maximum absolute atomic E-state index is 2.66. The van der Waals surface area contributed by atoms with Gasteiger partial charge < -0.3 is 0 Å². The van der Waals surface area contributed by atoms with Crippen LogP contribution in [0.2, 0.25) is 0 Å². The van der Waals surface area contributed by atoms with Crippen molar-refractivity contribution in [2.45, 2.75) is 0 Å². The minimum atomic E-state index is 0.0564. The topological polar surface area (TPSA) is 19.4 Å². The van der Waals surface area contributed by atoms with E-state index in [0.29, 0.717) is 0 Å². The summed E-state index contributed by atoms with van der Waals surface area (Å²) in [7, 11) is 4.46. The molecule has 0 spiro atoms. The summed E-state index contributed by atoms with van der Waals surface area (Å²) < 4.78 is 3.15. The standard InChI is InChI=1S/C48H30B2N6Se/c1-51-29-15-3-5-17-31(29)53-35-21-11-23-37-41(35)49(27-13-9-25-39(51)43(27)53)47-45-46-48(57-47)50-28-14-10-26-40-44(28)54(32-18-6-4-16-30(32)52(40)2)36-22-12-24-38(42(36)50)56(46)34-20-8-7-19-33(34)55(37)45/h3-26H,1-2H3. The van der Waals surface area contributed by atoms with Gasteiger partial charge in [-0.05, 0) is 0 Å². The van der Waals surface area contributed by atoms with Crippen molar-refractivity contribution in [3.05, 3.63) is 146 Å². The van der Waals surface area contributed by atoms with Crippen LogP contribution in [0.25, 0.3) is 0 Å². The molecule has 0 atom stereocenters. The van der Waals surface area contributed by atoms with Crippen molar-refractivity contribution in [3.63, 3.8) is 0 Å². The molecule has 264 valence electrons. The third kappa shape index (κ3) is 3.21. The summed E-state index contributed by atoms with van der Waals surface area (Å²) in [6, 6.07) is 55.1. The Labute approximate surface area is 336 Å². The van der Waals surface area contributed by atoms with Crippen molar-refractivity contribution >= 4 is 149 Å². The zero-order valence-electron chi connectivity index (χ0n) is 31.1. The number of rotatable bonds is 0.